The first-order valence-corrected chi connectivity index (χ1v) is 6.26. The SMILES string of the molecule is CC(NC(=O)O)C(=O)C=Cc1ccc2ccccc2c1. The van der Waals surface area contributed by atoms with Gasteiger partial charge in [0.2, 0.25) is 0 Å². The first-order chi connectivity index (χ1) is 9.56. The largest absolute Gasteiger partial charge is 0.465 e. The van der Waals surface area contributed by atoms with E-state index < -0.39 is 12.1 Å². The van der Waals surface area contributed by atoms with Crippen molar-refractivity contribution in [1.29, 1.82) is 0 Å². The lowest BCUT2D eigenvalue weighted by Gasteiger charge is -2.06. The van der Waals surface area contributed by atoms with Crippen molar-refractivity contribution < 1.29 is 14.7 Å². The second-order valence-corrected chi connectivity index (χ2v) is 4.51. The topological polar surface area (TPSA) is 66.4 Å². The third-order valence-electron chi connectivity index (χ3n) is 2.98. The molecule has 4 heteroatoms. The van der Waals surface area contributed by atoms with Gasteiger partial charge in [-0.25, -0.2) is 4.79 Å². The molecule has 0 fully saturated rings. The first-order valence-electron chi connectivity index (χ1n) is 6.26. The number of rotatable bonds is 4. The molecule has 0 aromatic heterocycles. The second-order valence-electron chi connectivity index (χ2n) is 4.51. The molecule has 0 heterocycles. The monoisotopic (exact) mass is 269 g/mol. The second kappa shape index (κ2) is 6.02. The normalized spacial score (nSPS) is 12.4. The Kier molecular flexibility index (Phi) is 4.15. The molecule has 1 atom stereocenters. The number of carboxylic acid groups (broad SMARTS) is 1. The number of hydrogen-bond acceptors (Lipinski definition) is 2. The molecule has 102 valence electrons. The van der Waals surface area contributed by atoms with Crippen molar-refractivity contribution in [1.82, 2.24) is 5.32 Å². The van der Waals surface area contributed by atoms with Crippen molar-refractivity contribution in [3.63, 3.8) is 0 Å². The Labute approximate surface area is 116 Å². The molecule has 0 aliphatic rings. The molecule has 1 amide bonds. The Morgan fingerprint density at radius 2 is 1.85 bits per heavy atom. The summed E-state index contributed by atoms with van der Waals surface area (Å²) in [6.45, 7) is 1.52. The van der Waals surface area contributed by atoms with Crippen LogP contribution in [-0.4, -0.2) is 23.0 Å². The zero-order chi connectivity index (χ0) is 14.5. The highest BCUT2D eigenvalue weighted by Crippen LogP contribution is 2.16. The van der Waals surface area contributed by atoms with Gasteiger partial charge in [-0.1, -0.05) is 42.5 Å². The maximum Gasteiger partial charge on any atom is 0.405 e. The highest BCUT2D eigenvalue weighted by Gasteiger charge is 2.11. The highest BCUT2D eigenvalue weighted by atomic mass is 16.4. The van der Waals surface area contributed by atoms with E-state index in [1.807, 2.05) is 42.5 Å². The van der Waals surface area contributed by atoms with Crippen LogP contribution in [0.2, 0.25) is 0 Å². The Hall–Kier alpha value is -2.62. The molecule has 2 rings (SSSR count). The maximum absolute atomic E-state index is 11.7. The molecule has 1 unspecified atom stereocenters. The summed E-state index contributed by atoms with van der Waals surface area (Å²) in [7, 11) is 0. The smallest absolute Gasteiger partial charge is 0.405 e. The number of carbonyl (C=O) groups excluding carboxylic acids is 1. The number of fused-ring (bicyclic) bond motifs is 1. The number of carbonyl (C=O) groups is 2. The summed E-state index contributed by atoms with van der Waals surface area (Å²) in [6, 6.07) is 13.1. The lowest BCUT2D eigenvalue weighted by molar-refractivity contribution is -0.115. The third-order valence-corrected chi connectivity index (χ3v) is 2.98. The van der Waals surface area contributed by atoms with Crippen LogP contribution in [0, 0.1) is 0 Å². The number of hydrogen-bond donors (Lipinski definition) is 2. The molecule has 0 aliphatic heterocycles. The van der Waals surface area contributed by atoms with E-state index in [1.165, 1.54) is 13.0 Å². The van der Waals surface area contributed by atoms with Gasteiger partial charge in [0, 0.05) is 0 Å². The summed E-state index contributed by atoms with van der Waals surface area (Å²) in [6.07, 6.45) is 1.88. The predicted octanol–water partition coefficient (Wildman–Crippen LogP) is 3.08. The quantitative estimate of drug-likeness (QED) is 0.838. The molecule has 0 spiro atoms. The van der Waals surface area contributed by atoms with Crippen LogP contribution in [-0.2, 0) is 4.79 Å². The van der Waals surface area contributed by atoms with Crippen LogP contribution in [0.1, 0.15) is 12.5 Å². The van der Waals surface area contributed by atoms with Crippen LogP contribution < -0.4 is 5.32 Å². The van der Waals surface area contributed by atoms with Gasteiger partial charge >= 0.3 is 6.09 Å². The minimum absolute atomic E-state index is 0.277. The average molecular weight is 269 g/mol. The Morgan fingerprint density at radius 3 is 2.55 bits per heavy atom. The first kappa shape index (κ1) is 13.8. The molecule has 0 saturated heterocycles. The van der Waals surface area contributed by atoms with Crippen LogP contribution in [0.4, 0.5) is 4.79 Å². The van der Waals surface area contributed by atoms with E-state index in [-0.39, 0.29) is 5.78 Å². The van der Waals surface area contributed by atoms with Crippen molar-refractivity contribution in [2.75, 3.05) is 0 Å². The van der Waals surface area contributed by atoms with E-state index in [1.54, 1.807) is 6.08 Å². The van der Waals surface area contributed by atoms with Crippen molar-refractivity contribution in [2.45, 2.75) is 13.0 Å². The van der Waals surface area contributed by atoms with E-state index in [0.29, 0.717) is 0 Å². The van der Waals surface area contributed by atoms with Crippen LogP contribution in [0.5, 0.6) is 0 Å². The standard InChI is InChI=1S/C16H15NO3/c1-11(17-16(19)20)15(18)9-7-12-6-8-13-4-2-3-5-14(13)10-12/h2-11,17H,1H3,(H,19,20). The lowest BCUT2D eigenvalue weighted by atomic mass is 10.1. The van der Waals surface area contributed by atoms with Gasteiger partial charge in [-0.2, -0.15) is 0 Å². The summed E-state index contributed by atoms with van der Waals surface area (Å²) in [5.74, 6) is -0.277. The molecule has 20 heavy (non-hydrogen) atoms. The number of benzene rings is 2. The molecular weight excluding hydrogens is 254 g/mol. The molecule has 2 aromatic carbocycles. The van der Waals surface area contributed by atoms with Crippen LogP contribution in [0.15, 0.2) is 48.5 Å². The van der Waals surface area contributed by atoms with Gasteiger partial charge in [0.1, 0.15) is 0 Å². The lowest BCUT2D eigenvalue weighted by Crippen LogP contribution is -2.36. The zero-order valence-corrected chi connectivity index (χ0v) is 11.0. The van der Waals surface area contributed by atoms with Crippen molar-refractivity contribution in [2.24, 2.45) is 0 Å². The van der Waals surface area contributed by atoms with Crippen molar-refractivity contribution in [3.8, 4) is 0 Å². The fourth-order valence-corrected chi connectivity index (χ4v) is 1.89. The van der Waals surface area contributed by atoms with E-state index in [0.717, 1.165) is 16.3 Å². The summed E-state index contributed by atoms with van der Waals surface area (Å²) >= 11 is 0. The fourth-order valence-electron chi connectivity index (χ4n) is 1.89. The Bertz CT molecular complexity index is 676. The average Bonchev–Trinajstić information content (AvgIpc) is 2.43. The molecule has 4 nitrogen and oxygen atoms in total. The predicted molar refractivity (Wildman–Crippen MR) is 78.6 cm³/mol. The number of ketones is 1. The minimum Gasteiger partial charge on any atom is -0.465 e. The van der Waals surface area contributed by atoms with Gasteiger partial charge in [-0.15, -0.1) is 0 Å². The van der Waals surface area contributed by atoms with E-state index in [9.17, 15) is 9.59 Å². The molecule has 0 bridgehead atoms. The van der Waals surface area contributed by atoms with Gasteiger partial charge in [-0.05, 0) is 35.4 Å². The van der Waals surface area contributed by atoms with E-state index in [2.05, 4.69) is 5.32 Å². The van der Waals surface area contributed by atoms with E-state index >= 15 is 0 Å². The molecule has 2 aromatic rings. The van der Waals surface area contributed by atoms with Crippen LogP contribution >= 0.6 is 0 Å². The third kappa shape index (κ3) is 3.45. The molecule has 2 N–H and O–H groups in total. The summed E-state index contributed by atoms with van der Waals surface area (Å²) < 4.78 is 0. The zero-order valence-electron chi connectivity index (χ0n) is 11.0. The van der Waals surface area contributed by atoms with E-state index in [4.69, 9.17) is 5.11 Å². The molecular formula is C16H15NO3. The maximum atomic E-state index is 11.7. The summed E-state index contributed by atoms with van der Waals surface area (Å²) in [4.78, 5) is 22.2. The van der Waals surface area contributed by atoms with Crippen LogP contribution in [0.25, 0.3) is 16.8 Å². The Balaban J connectivity index is 2.13. The molecule has 0 saturated carbocycles. The van der Waals surface area contributed by atoms with Gasteiger partial charge in [0.05, 0.1) is 6.04 Å². The Morgan fingerprint density at radius 1 is 1.15 bits per heavy atom. The van der Waals surface area contributed by atoms with Gasteiger partial charge in [-0.3, -0.25) is 4.79 Å². The number of amides is 1. The van der Waals surface area contributed by atoms with Crippen LogP contribution in [0.3, 0.4) is 0 Å². The van der Waals surface area contributed by atoms with Gasteiger partial charge < -0.3 is 10.4 Å². The van der Waals surface area contributed by atoms with Gasteiger partial charge in [0.15, 0.2) is 5.78 Å². The highest BCUT2D eigenvalue weighted by molar-refractivity contribution is 5.99. The summed E-state index contributed by atoms with van der Waals surface area (Å²) in [5, 5.41) is 12.9. The van der Waals surface area contributed by atoms with Crippen molar-refractivity contribution >= 4 is 28.7 Å². The fraction of sp³-hybridized carbons (Fsp3) is 0.125. The van der Waals surface area contributed by atoms with Crippen molar-refractivity contribution in [3.05, 3.63) is 54.1 Å². The summed E-state index contributed by atoms with van der Waals surface area (Å²) in [5.41, 5.74) is 0.902. The molecule has 0 aliphatic carbocycles. The van der Waals surface area contributed by atoms with Gasteiger partial charge in [0.25, 0.3) is 0 Å². The molecule has 0 radical (unpaired) electrons. The minimum atomic E-state index is -1.20. The number of nitrogens with one attached hydrogen (secondary N) is 1.